The average Bonchev–Trinajstić information content (AvgIpc) is 3.88. The van der Waals surface area contributed by atoms with Crippen LogP contribution in [-0.4, -0.2) is 106 Å². The first-order valence-electron chi connectivity index (χ1n) is 19.9. The predicted octanol–water partition coefficient (Wildman–Crippen LogP) is 6.53. The van der Waals surface area contributed by atoms with Gasteiger partial charge in [-0.15, -0.1) is 23.5 Å². The molecule has 2 fully saturated rings. The number of amides is 4. The van der Waals surface area contributed by atoms with E-state index >= 15 is 0 Å². The van der Waals surface area contributed by atoms with Gasteiger partial charge >= 0.3 is 0 Å². The van der Waals surface area contributed by atoms with Crippen LogP contribution in [0.5, 0.6) is 23.0 Å². The van der Waals surface area contributed by atoms with Gasteiger partial charge in [-0.2, -0.15) is 0 Å². The quantitative estimate of drug-likeness (QED) is 0.0578. The number of nitrogens with one attached hydrogen (secondary N) is 2. The summed E-state index contributed by atoms with van der Waals surface area (Å²) in [4.78, 5) is 68.9. The van der Waals surface area contributed by atoms with E-state index in [9.17, 15) is 29.3 Å². The second-order valence-electron chi connectivity index (χ2n) is 14.4. The zero-order valence-corrected chi connectivity index (χ0v) is 35.4. The number of rotatable bonds is 19. The van der Waals surface area contributed by atoms with E-state index in [-0.39, 0.29) is 89.3 Å². The molecule has 4 amide bonds. The van der Waals surface area contributed by atoms with Gasteiger partial charge in [0.25, 0.3) is 17.5 Å². The smallest absolute Gasteiger partial charge is 0.286 e. The third kappa shape index (κ3) is 10.2. The van der Waals surface area contributed by atoms with E-state index in [0.29, 0.717) is 36.6 Å². The molecule has 3 aliphatic heterocycles. The highest BCUT2D eigenvalue weighted by atomic mass is 32.2. The Morgan fingerprint density at radius 3 is 2.37 bits per heavy atom. The summed E-state index contributed by atoms with van der Waals surface area (Å²) in [5, 5.41) is 18.1. The topological polar surface area (TPSA) is 179 Å². The van der Waals surface area contributed by atoms with Gasteiger partial charge in [0.05, 0.1) is 53.7 Å². The number of nitro benzene ring substituents is 1. The van der Waals surface area contributed by atoms with E-state index in [2.05, 4.69) is 24.5 Å². The number of thioether (sulfide) groups is 2. The summed E-state index contributed by atoms with van der Waals surface area (Å²) < 4.78 is 23.1. The van der Waals surface area contributed by atoms with Gasteiger partial charge in [-0.3, -0.25) is 29.3 Å². The molecule has 0 spiro atoms. The van der Waals surface area contributed by atoms with Crippen molar-refractivity contribution in [2.24, 2.45) is 0 Å². The maximum absolute atomic E-state index is 13.8. The molecule has 0 saturated carbocycles. The molecule has 316 valence electrons. The molecule has 17 heteroatoms. The lowest BCUT2D eigenvalue weighted by Crippen LogP contribution is -2.41. The molecule has 3 aromatic rings. The van der Waals surface area contributed by atoms with Crippen molar-refractivity contribution in [1.82, 2.24) is 15.1 Å². The number of unbranched alkanes of at least 4 members (excludes halogenated alkanes) is 1. The first-order valence-corrected chi connectivity index (χ1v) is 22.0. The Bertz CT molecular complexity index is 2010. The zero-order chi connectivity index (χ0) is 42.1. The summed E-state index contributed by atoms with van der Waals surface area (Å²) >= 11 is 3.59. The molecule has 3 aliphatic rings. The number of carbonyl (C=O) groups excluding carboxylic acids is 4. The summed E-state index contributed by atoms with van der Waals surface area (Å²) in [7, 11) is 2.90. The molecule has 2 N–H and O–H groups in total. The molecule has 0 aliphatic carbocycles. The normalized spacial score (nSPS) is 18.5. The van der Waals surface area contributed by atoms with Crippen molar-refractivity contribution < 1.29 is 43.0 Å². The molecule has 3 atom stereocenters. The van der Waals surface area contributed by atoms with Crippen LogP contribution in [0.2, 0.25) is 0 Å². The number of fused-ring (bicyclic) bond motifs is 2. The van der Waals surface area contributed by atoms with E-state index in [1.54, 1.807) is 40.6 Å². The molecule has 3 aromatic carbocycles. The number of benzene rings is 3. The van der Waals surface area contributed by atoms with Crippen molar-refractivity contribution in [2.45, 2.75) is 81.7 Å². The molecule has 59 heavy (non-hydrogen) atoms. The van der Waals surface area contributed by atoms with Gasteiger partial charge in [0.2, 0.25) is 11.8 Å². The summed E-state index contributed by atoms with van der Waals surface area (Å²) in [6.07, 6.45) is 2.97. The molecule has 2 saturated heterocycles. The lowest BCUT2D eigenvalue weighted by atomic mass is 10.1. The number of anilines is 1. The van der Waals surface area contributed by atoms with E-state index < -0.39 is 22.9 Å². The van der Waals surface area contributed by atoms with Crippen LogP contribution in [0, 0.1) is 10.1 Å². The molecular weight excluding hydrogens is 799 g/mol. The Kier molecular flexibility index (Phi) is 14.9. The Labute approximate surface area is 352 Å². The van der Waals surface area contributed by atoms with Crippen LogP contribution >= 0.6 is 23.5 Å². The molecule has 0 radical (unpaired) electrons. The highest BCUT2D eigenvalue weighted by molar-refractivity contribution is 8.17. The van der Waals surface area contributed by atoms with Gasteiger partial charge in [0, 0.05) is 37.7 Å². The highest BCUT2D eigenvalue weighted by Gasteiger charge is 2.44. The number of nitrogens with zero attached hydrogens (tertiary/aromatic N) is 3. The SMILES string of the molecule is CCSC(SCC)[C@@H]1CCCN1C(=O)c1cc(OC)c(OCCCCC(=O)N[C@H]2C[C@H]3C(=O)Nc4cc(OCc5ccccc5)c(OC)cc4C(=O)N3C2)cc1[N+](=O)[O-]. The van der Waals surface area contributed by atoms with Crippen molar-refractivity contribution in [3.8, 4) is 23.0 Å². The lowest BCUT2D eigenvalue weighted by Gasteiger charge is -2.31. The van der Waals surface area contributed by atoms with Gasteiger partial charge in [0.15, 0.2) is 23.0 Å². The van der Waals surface area contributed by atoms with Gasteiger partial charge in [0.1, 0.15) is 18.2 Å². The Hall–Kier alpha value is -5.16. The molecule has 0 bridgehead atoms. The van der Waals surface area contributed by atoms with Crippen molar-refractivity contribution in [2.75, 3.05) is 50.7 Å². The Morgan fingerprint density at radius 2 is 1.68 bits per heavy atom. The monoisotopic (exact) mass is 849 g/mol. The number of hydrogen-bond donors (Lipinski definition) is 2. The third-order valence-corrected chi connectivity index (χ3v) is 13.3. The molecule has 0 aromatic heterocycles. The maximum Gasteiger partial charge on any atom is 0.286 e. The summed E-state index contributed by atoms with van der Waals surface area (Å²) in [6, 6.07) is 14.2. The minimum atomic E-state index is -0.775. The van der Waals surface area contributed by atoms with Gasteiger partial charge in [-0.25, -0.2) is 0 Å². The summed E-state index contributed by atoms with van der Waals surface area (Å²) in [5.74, 6) is 1.55. The number of carbonyl (C=O) groups is 4. The van der Waals surface area contributed by atoms with Crippen LogP contribution < -0.4 is 29.6 Å². The number of ether oxygens (including phenoxy) is 4. The minimum absolute atomic E-state index is 0.0273. The zero-order valence-electron chi connectivity index (χ0n) is 33.7. The first kappa shape index (κ1) is 43.4. The number of nitro groups is 1. The van der Waals surface area contributed by atoms with Crippen molar-refractivity contribution >= 4 is 58.5 Å². The van der Waals surface area contributed by atoms with E-state index in [4.69, 9.17) is 18.9 Å². The predicted molar refractivity (Wildman–Crippen MR) is 227 cm³/mol. The van der Waals surface area contributed by atoms with Crippen molar-refractivity contribution in [3.63, 3.8) is 0 Å². The second kappa shape index (κ2) is 20.2. The Balaban J connectivity index is 1.01. The number of hydrogen-bond acceptors (Lipinski definition) is 12. The summed E-state index contributed by atoms with van der Waals surface area (Å²) in [5.41, 5.74) is 1.15. The van der Waals surface area contributed by atoms with E-state index in [0.717, 1.165) is 29.9 Å². The molecule has 0 unspecified atom stereocenters. The molecule has 15 nitrogen and oxygen atoms in total. The number of methoxy groups -OCH3 is 2. The van der Waals surface area contributed by atoms with Gasteiger partial charge < -0.3 is 39.4 Å². The van der Waals surface area contributed by atoms with Crippen LogP contribution in [-0.2, 0) is 16.2 Å². The van der Waals surface area contributed by atoms with E-state index in [1.165, 1.54) is 31.3 Å². The van der Waals surface area contributed by atoms with Gasteiger partial charge in [-0.1, -0.05) is 44.2 Å². The van der Waals surface area contributed by atoms with Gasteiger partial charge in [-0.05, 0) is 55.2 Å². The lowest BCUT2D eigenvalue weighted by molar-refractivity contribution is -0.385. The fourth-order valence-corrected chi connectivity index (χ4v) is 10.6. The van der Waals surface area contributed by atoms with Crippen LogP contribution in [0.3, 0.4) is 0 Å². The third-order valence-electron chi connectivity index (χ3n) is 10.6. The minimum Gasteiger partial charge on any atom is -0.493 e. The highest BCUT2D eigenvalue weighted by Crippen LogP contribution is 2.40. The molecule has 6 rings (SSSR count). The average molecular weight is 850 g/mol. The fraction of sp³-hybridized carbons (Fsp3) is 0.476. The van der Waals surface area contributed by atoms with Crippen LogP contribution in [0.1, 0.15) is 78.7 Å². The molecule has 3 heterocycles. The maximum atomic E-state index is 13.8. The van der Waals surface area contributed by atoms with Crippen LogP contribution in [0.4, 0.5) is 11.4 Å². The first-order chi connectivity index (χ1) is 28.6. The number of likely N-dealkylation sites (tertiary alicyclic amines) is 1. The van der Waals surface area contributed by atoms with Crippen LogP contribution in [0.15, 0.2) is 54.6 Å². The van der Waals surface area contributed by atoms with Crippen LogP contribution in [0.25, 0.3) is 0 Å². The largest absolute Gasteiger partial charge is 0.493 e. The molecular formula is C42H51N5O10S2. The van der Waals surface area contributed by atoms with E-state index in [1.807, 2.05) is 30.3 Å². The fourth-order valence-electron chi connectivity index (χ4n) is 7.73. The Morgan fingerprint density at radius 1 is 0.966 bits per heavy atom. The summed E-state index contributed by atoms with van der Waals surface area (Å²) in [6.45, 7) is 5.27. The second-order valence-corrected chi connectivity index (χ2v) is 17.5. The standard InChI is InChI=1S/C42H51N5O10S2/c1-5-58-42(59-6-2)31-15-12-17-45(31)41(51)29-21-35(55-4)37(23-32(29)47(52)53)56-18-11-10-16-38(48)43-27-19-33-39(49)44-30-22-36(57-25-26-13-8-7-9-14-26)34(54-3)20-28(30)40(50)46(33)24-27/h7-9,13-14,20-23,27,31,33,42H,5-6,10-12,15-19,24-25H2,1-4H3,(H,43,48)(H,44,49)/t27-,31-,33-/m0/s1. The van der Waals surface area contributed by atoms with Crippen molar-refractivity contribution in [3.05, 3.63) is 81.4 Å². The van der Waals surface area contributed by atoms with Crippen molar-refractivity contribution in [1.29, 1.82) is 0 Å².